The maximum atomic E-state index is 11.3. The number of carbonyl (C=O) groups is 2. The van der Waals surface area contributed by atoms with Crippen LogP contribution in [-0.2, 0) is 11.4 Å². The minimum Gasteiger partial charge on any atom is -0.489 e. The second kappa shape index (κ2) is 6.74. The predicted octanol–water partition coefficient (Wildman–Crippen LogP) is 2.15. The van der Waals surface area contributed by atoms with E-state index < -0.39 is 6.03 Å². The van der Waals surface area contributed by atoms with Crippen molar-refractivity contribution in [2.45, 2.75) is 6.61 Å². The Balaban J connectivity index is 1.57. The molecule has 0 aromatic heterocycles. The highest BCUT2D eigenvalue weighted by atomic mass is 16.5. The van der Waals surface area contributed by atoms with E-state index >= 15 is 0 Å². The first-order valence-electron chi connectivity index (χ1n) is 7.13. The summed E-state index contributed by atoms with van der Waals surface area (Å²) in [6.07, 6.45) is 1.53. The van der Waals surface area contributed by atoms with Gasteiger partial charge in [-0.3, -0.25) is 10.1 Å². The maximum Gasteiger partial charge on any atom is 0.344 e. The van der Waals surface area contributed by atoms with Crippen LogP contribution >= 0.6 is 0 Å². The van der Waals surface area contributed by atoms with Crippen molar-refractivity contribution in [1.29, 1.82) is 0 Å². The van der Waals surface area contributed by atoms with E-state index in [1.54, 1.807) is 0 Å². The van der Waals surface area contributed by atoms with Gasteiger partial charge in [0.2, 0.25) is 5.91 Å². The number of urea groups is 1. The number of hydrogen-bond acceptors (Lipinski definition) is 4. The second-order valence-corrected chi connectivity index (χ2v) is 5.00. The van der Waals surface area contributed by atoms with Crippen LogP contribution in [0.4, 0.5) is 4.79 Å². The molecule has 23 heavy (non-hydrogen) atoms. The minimum atomic E-state index is -0.505. The van der Waals surface area contributed by atoms with Crippen molar-refractivity contribution >= 4 is 18.2 Å². The van der Waals surface area contributed by atoms with Crippen LogP contribution < -0.4 is 10.1 Å². The Morgan fingerprint density at radius 2 is 1.83 bits per heavy atom. The molecule has 1 aliphatic heterocycles. The number of imide groups is 1. The lowest BCUT2D eigenvalue weighted by molar-refractivity contribution is -0.118. The van der Waals surface area contributed by atoms with Crippen LogP contribution in [0.25, 0.3) is 0 Å². The number of carbonyl (C=O) groups excluding carboxylic acids is 2. The fourth-order valence-corrected chi connectivity index (χ4v) is 2.05. The van der Waals surface area contributed by atoms with Gasteiger partial charge in [0.05, 0.1) is 6.21 Å². The Morgan fingerprint density at radius 3 is 2.48 bits per heavy atom. The van der Waals surface area contributed by atoms with Gasteiger partial charge in [0.25, 0.3) is 0 Å². The molecule has 3 amide bonds. The Hall–Kier alpha value is -3.15. The van der Waals surface area contributed by atoms with E-state index in [1.165, 1.54) is 6.21 Å². The minimum absolute atomic E-state index is 0.0480. The zero-order valence-electron chi connectivity index (χ0n) is 12.3. The Kier molecular flexibility index (Phi) is 4.33. The molecule has 0 saturated carbocycles. The Morgan fingerprint density at radius 1 is 1.09 bits per heavy atom. The topological polar surface area (TPSA) is 71.0 Å². The summed E-state index contributed by atoms with van der Waals surface area (Å²) in [5.74, 6) is 0.400. The summed E-state index contributed by atoms with van der Waals surface area (Å²) in [7, 11) is 0. The van der Waals surface area contributed by atoms with Crippen LogP contribution in [0.5, 0.6) is 5.75 Å². The zero-order chi connectivity index (χ0) is 16.1. The lowest BCUT2D eigenvalue weighted by Gasteiger charge is -2.07. The number of rotatable bonds is 5. The third-order valence-corrected chi connectivity index (χ3v) is 3.25. The van der Waals surface area contributed by atoms with E-state index in [-0.39, 0.29) is 12.5 Å². The highest BCUT2D eigenvalue weighted by molar-refractivity contribution is 6.02. The number of benzene rings is 2. The van der Waals surface area contributed by atoms with Crippen molar-refractivity contribution in [1.82, 2.24) is 10.3 Å². The molecule has 1 saturated heterocycles. The molecule has 0 unspecified atom stereocenters. The number of amides is 3. The van der Waals surface area contributed by atoms with Crippen LogP contribution in [-0.4, -0.2) is 29.7 Å². The molecular weight excluding hydrogens is 294 g/mol. The standard InChI is InChI=1S/C17H15N3O3/c21-16-11-20(17(22)19-16)18-10-13-6-8-15(9-7-13)23-12-14-4-2-1-3-5-14/h1-10H,11-12H2,(H,19,21,22)/b18-10+. The fraction of sp³-hybridized carbons (Fsp3) is 0.118. The van der Waals surface area contributed by atoms with Crippen LogP contribution in [0.3, 0.4) is 0 Å². The van der Waals surface area contributed by atoms with Crippen LogP contribution in [0.15, 0.2) is 59.7 Å². The normalized spacial score (nSPS) is 14.3. The summed E-state index contributed by atoms with van der Waals surface area (Å²) < 4.78 is 5.69. The lowest BCUT2D eigenvalue weighted by atomic mass is 10.2. The summed E-state index contributed by atoms with van der Waals surface area (Å²) in [6, 6.07) is 16.7. The van der Waals surface area contributed by atoms with Crippen molar-refractivity contribution in [3.05, 3.63) is 65.7 Å². The monoisotopic (exact) mass is 309 g/mol. The summed E-state index contributed by atoms with van der Waals surface area (Å²) in [6.45, 7) is 0.456. The average molecular weight is 309 g/mol. The van der Waals surface area contributed by atoms with Gasteiger partial charge >= 0.3 is 6.03 Å². The molecule has 1 fully saturated rings. The quantitative estimate of drug-likeness (QED) is 0.679. The van der Waals surface area contributed by atoms with Gasteiger partial charge in [0, 0.05) is 0 Å². The van der Waals surface area contributed by atoms with E-state index in [0.717, 1.165) is 21.9 Å². The Bertz CT molecular complexity index is 727. The van der Waals surface area contributed by atoms with Crippen LogP contribution in [0.1, 0.15) is 11.1 Å². The molecule has 3 rings (SSSR count). The van der Waals surface area contributed by atoms with Crippen molar-refractivity contribution in [2.24, 2.45) is 5.10 Å². The van der Waals surface area contributed by atoms with E-state index in [4.69, 9.17) is 4.74 Å². The number of hydrazone groups is 1. The molecule has 2 aromatic rings. The molecule has 1 heterocycles. The molecule has 6 heteroatoms. The molecule has 0 spiro atoms. The average Bonchev–Trinajstić information content (AvgIpc) is 2.90. The second-order valence-electron chi connectivity index (χ2n) is 5.00. The molecule has 2 aromatic carbocycles. The smallest absolute Gasteiger partial charge is 0.344 e. The van der Waals surface area contributed by atoms with Crippen LogP contribution in [0, 0.1) is 0 Å². The van der Waals surface area contributed by atoms with Crippen molar-refractivity contribution in [3.8, 4) is 5.75 Å². The molecule has 0 bridgehead atoms. The van der Waals surface area contributed by atoms with Gasteiger partial charge in [0.1, 0.15) is 18.9 Å². The van der Waals surface area contributed by atoms with Crippen molar-refractivity contribution in [2.75, 3.05) is 6.54 Å². The summed E-state index contributed by atoms with van der Waals surface area (Å²) in [5, 5.41) is 7.23. The fourth-order valence-electron chi connectivity index (χ4n) is 2.05. The first-order valence-corrected chi connectivity index (χ1v) is 7.13. The van der Waals surface area contributed by atoms with Gasteiger partial charge in [-0.15, -0.1) is 0 Å². The lowest BCUT2D eigenvalue weighted by Crippen LogP contribution is -2.24. The molecule has 6 nitrogen and oxygen atoms in total. The molecule has 1 aliphatic rings. The van der Waals surface area contributed by atoms with Gasteiger partial charge in [-0.25, -0.2) is 9.80 Å². The number of nitrogens with zero attached hydrogens (tertiary/aromatic N) is 2. The summed E-state index contributed by atoms with van der Waals surface area (Å²) in [5.41, 5.74) is 1.91. The largest absolute Gasteiger partial charge is 0.489 e. The van der Waals surface area contributed by atoms with Crippen LogP contribution in [0.2, 0.25) is 0 Å². The molecular formula is C17H15N3O3. The van der Waals surface area contributed by atoms with E-state index in [1.807, 2.05) is 54.6 Å². The van der Waals surface area contributed by atoms with E-state index in [0.29, 0.717) is 6.61 Å². The SMILES string of the molecule is O=C1CN(/N=C/c2ccc(OCc3ccccc3)cc2)C(=O)N1. The first-order chi connectivity index (χ1) is 11.2. The number of hydrogen-bond donors (Lipinski definition) is 1. The Labute approximate surface area is 133 Å². The molecule has 0 atom stereocenters. The predicted molar refractivity (Wildman–Crippen MR) is 85.1 cm³/mol. The zero-order valence-corrected chi connectivity index (χ0v) is 12.3. The van der Waals surface area contributed by atoms with Gasteiger partial charge in [-0.1, -0.05) is 30.3 Å². The van der Waals surface area contributed by atoms with E-state index in [9.17, 15) is 9.59 Å². The first kappa shape index (κ1) is 14.8. The number of nitrogens with one attached hydrogen (secondary N) is 1. The van der Waals surface area contributed by atoms with E-state index in [2.05, 4.69) is 10.4 Å². The third kappa shape index (κ3) is 3.94. The third-order valence-electron chi connectivity index (χ3n) is 3.25. The maximum absolute atomic E-state index is 11.3. The summed E-state index contributed by atoms with van der Waals surface area (Å²) in [4.78, 5) is 22.4. The highest BCUT2D eigenvalue weighted by Gasteiger charge is 2.25. The van der Waals surface area contributed by atoms with Gasteiger partial charge < -0.3 is 4.74 Å². The highest BCUT2D eigenvalue weighted by Crippen LogP contribution is 2.13. The van der Waals surface area contributed by atoms with Gasteiger partial charge in [0.15, 0.2) is 0 Å². The van der Waals surface area contributed by atoms with Crippen molar-refractivity contribution in [3.63, 3.8) is 0 Å². The van der Waals surface area contributed by atoms with Gasteiger partial charge in [-0.05, 0) is 35.4 Å². The summed E-state index contributed by atoms with van der Waals surface area (Å²) >= 11 is 0. The molecule has 0 aliphatic carbocycles. The number of ether oxygens (including phenoxy) is 1. The van der Waals surface area contributed by atoms with Crippen molar-refractivity contribution < 1.29 is 14.3 Å². The molecule has 0 radical (unpaired) electrons. The molecule has 116 valence electrons. The molecule has 1 N–H and O–H groups in total. The van der Waals surface area contributed by atoms with Gasteiger partial charge in [-0.2, -0.15) is 5.10 Å².